The Labute approximate surface area is 158 Å². The standard InChI is InChI=1S/C22H20N2OS/c1-3-13-26-22-19(15-23)18(17-11-7-8-12-21(17)25-2)14-20(24-22)16-9-5-4-6-10-16/h4-12,14H,3,13H2,1-2H3. The first-order valence-electron chi connectivity index (χ1n) is 8.55. The maximum Gasteiger partial charge on any atom is 0.126 e. The van der Waals surface area contributed by atoms with Gasteiger partial charge < -0.3 is 4.74 Å². The van der Waals surface area contributed by atoms with Crippen molar-refractivity contribution in [3.8, 4) is 34.2 Å². The SMILES string of the molecule is CCCSc1nc(-c2ccccc2)cc(-c2ccccc2OC)c1C#N. The summed E-state index contributed by atoms with van der Waals surface area (Å²) < 4.78 is 5.53. The van der Waals surface area contributed by atoms with Gasteiger partial charge in [-0.05, 0) is 24.3 Å². The smallest absolute Gasteiger partial charge is 0.126 e. The molecule has 0 amide bonds. The number of para-hydroxylation sites is 1. The topological polar surface area (TPSA) is 45.9 Å². The molecule has 130 valence electrons. The van der Waals surface area contributed by atoms with E-state index in [9.17, 15) is 5.26 Å². The first-order valence-corrected chi connectivity index (χ1v) is 9.53. The van der Waals surface area contributed by atoms with E-state index in [1.165, 1.54) is 0 Å². The van der Waals surface area contributed by atoms with Crippen molar-refractivity contribution in [1.82, 2.24) is 4.98 Å². The molecule has 0 atom stereocenters. The highest BCUT2D eigenvalue weighted by molar-refractivity contribution is 7.99. The van der Waals surface area contributed by atoms with Crippen LogP contribution in [0.1, 0.15) is 18.9 Å². The molecule has 0 saturated heterocycles. The summed E-state index contributed by atoms with van der Waals surface area (Å²) in [5.41, 5.74) is 4.27. The van der Waals surface area contributed by atoms with Gasteiger partial charge in [-0.15, -0.1) is 11.8 Å². The van der Waals surface area contributed by atoms with Gasteiger partial charge in [0.2, 0.25) is 0 Å². The van der Waals surface area contributed by atoms with Gasteiger partial charge in [0.15, 0.2) is 0 Å². The van der Waals surface area contributed by atoms with Crippen LogP contribution in [0.5, 0.6) is 5.75 Å². The Morgan fingerprint density at radius 2 is 1.77 bits per heavy atom. The monoisotopic (exact) mass is 360 g/mol. The van der Waals surface area contributed by atoms with Gasteiger partial charge in [-0.2, -0.15) is 5.26 Å². The molecule has 0 aliphatic rings. The molecule has 0 aliphatic carbocycles. The van der Waals surface area contributed by atoms with Gasteiger partial charge in [0.05, 0.1) is 18.4 Å². The number of rotatable bonds is 6. The molecule has 0 saturated carbocycles. The number of hydrogen-bond donors (Lipinski definition) is 0. The van der Waals surface area contributed by atoms with Gasteiger partial charge in [-0.25, -0.2) is 4.98 Å². The Hall–Kier alpha value is -2.77. The minimum atomic E-state index is 0.604. The summed E-state index contributed by atoms with van der Waals surface area (Å²) in [6, 6.07) is 22.2. The maximum absolute atomic E-state index is 9.84. The predicted molar refractivity (Wildman–Crippen MR) is 107 cm³/mol. The summed E-state index contributed by atoms with van der Waals surface area (Å²) in [6.07, 6.45) is 1.02. The van der Waals surface area contributed by atoms with Crippen LogP contribution in [0.4, 0.5) is 0 Å². The largest absolute Gasteiger partial charge is 0.496 e. The predicted octanol–water partition coefficient (Wildman–Crippen LogP) is 5.80. The minimum Gasteiger partial charge on any atom is -0.496 e. The van der Waals surface area contributed by atoms with Crippen molar-refractivity contribution in [3.05, 3.63) is 66.2 Å². The highest BCUT2D eigenvalue weighted by Gasteiger charge is 2.17. The van der Waals surface area contributed by atoms with E-state index in [1.54, 1.807) is 18.9 Å². The quantitative estimate of drug-likeness (QED) is 0.521. The average molecular weight is 360 g/mol. The third-order valence-electron chi connectivity index (χ3n) is 4.01. The van der Waals surface area contributed by atoms with Crippen molar-refractivity contribution < 1.29 is 4.74 Å². The highest BCUT2D eigenvalue weighted by Crippen LogP contribution is 2.38. The van der Waals surface area contributed by atoms with Crippen molar-refractivity contribution in [2.45, 2.75) is 18.4 Å². The number of ether oxygens (including phenoxy) is 1. The Kier molecular flexibility index (Phi) is 5.93. The van der Waals surface area contributed by atoms with Crippen molar-refractivity contribution in [2.75, 3.05) is 12.9 Å². The van der Waals surface area contributed by atoms with Crippen molar-refractivity contribution >= 4 is 11.8 Å². The lowest BCUT2D eigenvalue weighted by atomic mass is 9.98. The van der Waals surface area contributed by atoms with Gasteiger partial charge >= 0.3 is 0 Å². The molecule has 0 aliphatic heterocycles. The molecule has 3 rings (SSSR count). The fourth-order valence-corrected chi connectivity index (χ4v) is 3.63. The average Bonchev–Trinajstić information content (AvgIpc) is 2.72. The Morgan fingerprint density at radius 1 is 1.04 bits per heavy atom. The van der Waals surface area contributed by atoms with Crippen molar-refractivity contribution in [2.24, 2.45) is 0 Å². The van der Waals surface area contributed by atoms with Gasteiger partial charge in [-0.3, -0.25) is 0 Å². The molecule has 26 heavy (non-hydrogen) atoms. The Morgan fingerprint density at radius 3 is 2.46 bits per heavy atom. The van der Waals surface area contributed by atoms with Gasteiger partial charge in [0, 0.05) is 16.7 Å². The van der Waals surface area contributed by atoms with Crippen molar-refractivity contribution in [1.29, 1.82) is 5.26 Å². The number of hydrogen-bond acceptors (Lipinski definition) is 4. The second-order valence-corrected chi connectivity index (χ2v) is 6.85. The summed E-state index contributed by atoms with van der Waals surface area (Å²) >= 11 is 1.63. The van der Waals surface area contributed by atoms with E-state index in [0.29, 0.717) is 5.56 Å². The molecule has 0 N–H and O–H groups in total. The van der Waals surface area contributed by atoms with E-state index in [-0.39, 0.29) is 0 Å². The highest BCUT2D eigenvalue weighted by atomic mass is 32.2. The number of nitriles is 1. The molecule has 0 fully saturated rings. The van der Waals surface area contributed by atoms with E-state index in [0.717, 1.165) is 45.3 Å². The van der Waals surface area contributed by atoms with Crippen LogP contribution in [0.2, 0.25) is 0 Å². The van der Waals surface area contributed by atoms with Crippen LogP contribution < -0.4 is 4.74 Å². The zero-order valence-corrected chi connectivity index (χ0v) is 15.7. The molecule has 0 unspecified atom stereocenters. The lowest BCUT2D eigenvalue weighted by Crippen LogP contribution is -1.97. The molecule has 2 aromatic carbocycles. The zero-order valence-electron chi connectivity index (χ0n) is 14.9. The first-order chi connectivity index (χ1) is 12.8. The van der Waals surface area contributed by atoms with E-state index in [2.05, 4.69) is 13.0 Å². The maximum atomic E-state index is 9.84. The fraction of sp³-hybridized carbons (Fsp3) is 0.182. The van der Waals surface area contributed by atoms with Crippen LogP contribution in [-0.2, 0) is 0 Å². The molecular weight excluding hydrogens is 340 g/mol. The van der Waals surface area contributed by atoms with Gasteiger partial charge in [-0.1, -0.05) is 55.5 Å². The number of thioether (sulfide) groups is 1. The van der Waals surface area contributed by atoms with E-state index in [4.69, 9.17) is 9.72 Å². The molecule has 1 heterocycles. The lowest BCUT2D eigenvalue weighted by molar-refractivity contribution is 0.416. The van der Waals surface area contributed by atoms with E-state index < -0.39 is 0 Å². The summed E-state index contributed by atoms with van der Waals surface area (Å²) in [4.78, 5) is 4.79. The Balaban J connectivity index is 2.26. The van der Waals surface area contributed by atoms with Crippen LogP contribution in [0, 0.1) is 11.3 Å². The number of methoxy groups -OCH3 is 1. The molecule has 0 radical (unpaired) electrons. The molecule has 0 bridgehead atoms. The fourth-order valence-electron chi connectivity index (χ4n) is 2.77. The number of nitrogens with zero attached hydrogens (tertiary/aromatic N) is 2. The number of pyridine rings is 1. The van der Waals surface area contributed by atoms with Crippen LogP contribution in [0.15, 0.2) is 65.7 Å². The molecule has 0 spiro atoms. The van der Waals surface area contributed by atoms with E-state index >= 15 is 0 Å². The third kappa shape index (κ3) is 3.74. The lowest BCUT2D eigenvalue weighted by Gasteiger charge is -2.14. The van der Waals surface area contributed by atoms with E-state index in [1.807, 2.05) is 60.7 Å². The second-order valence-electron chi connectivity index (χ2n) is 5.76. The molecule has 3 aromatic rings. The summed E-state index contributed by atoms with van der Waals surface area (Å²) in [6.45, 7) is 2.13. The van der Waals surface area contributed by atoms with Crippen molar-refractivity contribution in [3.63, 3.8) is 0 Å². The second kappa shape index (κ2) is 8.55. The summed E-state index contributed by atoms with van der Waals surface area (Å²) in [5.74, 6) is 1.67. The first kappa shape index (κ1) is 18.0. The number of benzene rings is 2. The van der Waals surface area contributed by atoms with Crippen LogP contribution >= 0.6 is 11.8 Å². The Bertz CT molecular complexity index is 933. The van der Waals surface area contributed by atoms with Crippen LogP contribution in [0.25, 0.3) is 22.4 Å². The molecular formula is C22H20N2OS. The van der Waals surface area contributed by atoms with Crippen LogP contribution in [-0.4, -0.2) is 17.8 Å². The van der Waals surface area contributed by atoms with Gasteiger partial charge in [0.25, 0.3) is 0 Å². The third-order valence-corrected chi connectivity index (χ3v) is 5.19. The van der Waals surface area contributed by atoms with Crippen LogP contribution in [0.3, 0.4) is 0 Å². The number of aromatic nitrogens is 1. The summed E-state index contributed by atoms with van der Waals surface area (Å²) in [5, 5.41) is 10.6. The molecule has 4 heteroatoms. The van der Waals surface area contributed by atoms with Gasteiger partial charge in [0.1, 0.15) is 16.8 Å². The normalized spacial score (nSPS) is 10.3. The zero-order chi connectivity index (χ0) is 18.4. The molecule has 1 aromatic heterocycles. The summed E-state index contributed by atoms with van der Waals surface area (Å²) in [7, 11) is 1.65. The molecule has 3 nitrogen and oxygen atoms in total. The minimum absolute atomic E-state index is 0.604.